The highest BCUT2D eigenvalue weighted by atomic mass is 127. The van der Waals surface area contributed by atoms with Crippen LogP contribution in [-0.4, -0.2) is 59.0 Å². The molecular formula is C24H33IN6O. The van der Waals surface area contributed by atoms with Crippen LogP contribution in [0.25, 0.3) is 11.3 Å². The Bertz CT molecular complexity index is 950. The molecule has 1 aliphatic rings. The molecule has 0 spiro atoms. The summed E-state index contributed by atoms with van der Waals surface area (Å²) in [4.78, 5) is 17.6. The van der Waals surface area contributed by atoms with E-state index < -0.39 is 0 Å². The second kappa shape index (κ2) is 12.1. The summed E-state index contributed by atoms with van der Waals surface area (Å²) in [7, 11) is 2.05. The molecule has 7 nitrogen and oxygen atoms in total. The minimum atomic E-state index is 0. The number of H-pyrrole nitrogens is 1. The fourth-order valence-electron chi connectivity index (χ4n) is 4.07. The Morgan fingerprint density at radius 3 is 2.69 bits per heavy atom. The number of nitrogens with one attached hydrogen (secondary N) is 2. The molecular weight excluding hydrogens is 515 g/mol. The van der Waals surface area contributed by atoms with Gasteiger partial charge in [-0.05, 0) is 50.6 Å². The van der Waals surface area contributed by atoms with Crippen molar-refractivity contribution in [1.29, 1.82) is 0 Å². The van der Waals surface area contributed by atoms with Crippen molar-refractivity contribution in [3.63, 3.8) is 0 Å². The van der Waals surface area contributed by atoms with Crippen molar-refractivity contribution < 1.29 is 4.42 Å². The van der Waals surface area contributed by atoms with Crippen molar-refractivity contribution in [3.8, 4) is 11.3 Å². The number of imidazole rings is 1. The first-order valence-corrected chi connectivity index (χ1v) is 11.1. The van der Waals surface area contributed by atoms with Crippen LogP contribution in [0.4, 0.5) is 0 Å². The molecule has 0 amide bonds. The maximum atomic E-state index is 5.74. The van der Waals surface area contributed by atoms with Gasteiger partial charge < -0.3 is 19.6 Å². The molecule has 4 rings (SSSR count). The van der Waals surface area contributed by atoms with Crippen LogP contribution in [0.5, 0.6) is 0 Å². The van der Waals surface area contributed by atoms with Crippen LogP contribution in [0.2, 0.25) is 0 Å². The van der Waals surface area contributed by atoms with E-state index in [0.29, 0.717) is 13.1 Å². The highest BCUT2D eigenvalue weighted by Gasteiger charge is 2.25. The number of benzene rings is 1. The number of halogens is 1. The SMILES string of the molecule is CCNC(=NCC(c1ccco1)N1CCCC1)N(C)Cc1ncc(-c2ccccc2)[nH]1.I. The Kier molecular flexibility index (Phi) is 9.16. The van der Waals surface area contributed by atoms with Crippen LogP contribution >= 0.6 is 24.0 Å². The molecule has 1 atom stereocenters. The summed E-state index contributed by atoms with van der Waals surface area (Å²) in [6.45, 7) is 6.41. The number of guanidine groups is 1. The molecule has 2 N–H and O–H groups in total. The normalized spacial score (nSPS) is 15.4. The second-order valence-corrected chi connectivity index (χ2v) is 7.93. The van der Waals surface area contributed by atoms with Gasteiger partial charge in [-0.25, -0.2) is 4.98 Å². The van der Waals surface area contributed by atoms with Crippen LogP contribution in [0.3, 0.4) is 0 Å². The van der Waals surface area contributed by atoms with Crippen molar-refractivity contribution in [1.82, 2.24) is 25.1 Å². The van der Waals surface area contributed by atoms with Gasteiger partial charge >= 0.3 is 0 Å². The molecule has 8 heteroatoms. The Balaban J connectivity index is 0.00000289. The van der Waals surface area contributed by atoms with E-state index in [0.717, 1.165) is 48.4 Å². The molecule has 3 heterocycles. The Hall–Kier alpha value is -2.33. The lowest BCUT2D eigenvalue weighted by Crippen LogP contribution is -2.39. The zero-order chi connectivity index (χ0) is 21.5. The molecule has 0 radical (unpaired) electrons. The first-order valence-electron chi connectivity index (χ1n) is 11.1. The van der Waals surface area contributed by atoms with Crippen molar-refractivity contribution in [2.45, 2.75) is 32.4 Å². The van der Waals surface area contributed by atoms with E-state index in [4.69, 9.17) is 9.41 Å². The number of aromatic nitrogens is 2. The summed E-state index contributed by atoms with van der Waals surface area (Å²) in [5.74, 6) is 2.77. The predicted octanol–water partition coefficient (Wildman–Crippen LogP) is 4.52. The molecule has 1 saturated heterocycles. The molecule has 32 heavy (non-hydrogen) atoms. The van der Waals surface area contributed by atoms with Gasteiger partial charge in [-0.15, -0.1) is 24.0 Å². The van der Waals surface area contributed by atoms with Crippen LogP contribution in [0.15, 0.2) is 64.3 Å². The average Bonchev–Trinajstić information content (AvgIpc) is 3.57. The predicted molar refractivity (Wildman–Crippen MR) is 139 cm³/mol. The smallest absolute Gasteiger partial charge is 0.194 e. The minimum Gasteiger partial charge on any atom is -0.468 e. The third-order valence-corrected chi connectivity index (χ3v) is 5.66. The lowest BCUT2D eigenvalue weighted by atomic mass is 10.2. The average molecular weight is 548 g/mol. The Morgan fingerprint density at radius 2 is 2.00 bits per heavy atom. The van der Waals surface area contributed by atoms with Gasteiger partial charge in [0.1, 0.15) is 11.6 Å². The van der Waals surface area contributed by atoms with Crippen molar-refractivity contribution >= 4 is 29.9 Å². The second-order valence-electron chi connectivity index (χ2n) is 7.93. The summed E-state index contributed by atoms with van der Waals surface area (Å²) in [6, 6.07) is 14.4. The zero-order valence-corrected chi connectivity index (χ0v) is 21.2. The van der Waals surface area contributed by atoms with Gasteiger partial charge in [-0.1, -0.05) is 30.3 Å². The van der Waals surface area contributed by atoms with Crippen LogP contribution in [0, 0.1) is 0 Å². The molecule has 2 aromatic heterocycles. The number of rotatable bonds is 8. The number of hydrogen-bond donors (Lipinski definition) is 2. The molecule has 0 bridgehead atoms. The van der Waals surface area contributed by atoms with E-state index in [1.54, 1.807) is 6.26 Å². The van der Waals surface area contributed by atoms with E-state index in [2.05, 4.69) is 50.2 Å². The Morgan fingerprint density at radius 1 is 1.22 bits per heavy atom. The number of aromatic amines is 1. The first kappa shape index (κ1) is 24.3. The van der Waals surface area contributed by atoms with Gasteiger partial charge in [0.05, 0.1) is 37.3 Å². The standard InChI is InChI=1S/C24H32N6O.HI/c1-3-25-24(27-17-21(22-12-9-15-31-22)30-13-7-8-14-30)29(2)18-23-26-16-20(28-23)19-10-5-4-6-11-19;/h4-6,9-12,15-16,21H,3,7-8,13-14,17-18H2,1-2H3,(H,25,27)(H,26,28);1H. The number of nitrogens with zero attached hydrogens (tertiary/aromatic N) is 4. The molecule has 0 saturated carbocycles. The summed E-state index contributed by atoms with van der Waals surface area (Å²) in [5.41, 5.74) is 2.16. The fraction of sp³-hybridized carbons (Fsp3) is 0.417. The van der Waals surface area contributed by atoms with Gasteiger partial charge in [-0.3, -0.25) is 9.89 Å². The number of furan rings is 1. The highest BCUT2D eigenvalue weighted by Crippen LogP contribution is 2.26. The van der Waals surface area contributed by atoms with E-state index in [9.17, 15) is 0 Å². The molecule has 1 unspecified atom stereocenters. The van der Waals surface area contributed by atoms with Gasteiger partial charge in [0.15, 0.2) is 5.96 Å². The number of aliphatic imine (C=N–C) groups is 1. The van der Waals surface area contributed by atoms with Crippen LogP contribution in [-0.2, 0) is 6.54 Å². The van der Waals surface area contributed by atoms with E-state index in [-0.39, 0.29) is 30.0 Å². The third-order valence-electron chi connectivity index (χ3n) is 5.66. The van der Waals surface area contributed by atoms with Crippen molar-refractivity contribution in [2.24, 2.45) is 4.99 Å². The largest absolute Gasteiger partial charge is 0.468 e. The van der Waals surface area contributed by atoms with Crippen molar-refractivity contribution in [3.05, 3.63) is 66.5 Å². The van der Waals surface area contributed by atoms with E-state index in [1.807, 2.05) is 37.5 Å². The molecule has 0 aliphatic carbocycles. The van der Waals surface area contributed by atoms with Gasteiger partial charge in [0, 0.05) is 13.6 Å². The summed E-state index contributed by atoms with van der Waals surface area (Å²) < 4.78 is 5.74. The maximum absolute atomic E-state index is 5.74. The number of likely N-dealkylation sites (tertiary alicyclic amines) is 1. The molecule has 3 aromatic rings. The summed E-state index contributed by atoms with van der Waals surface area (Å²) >= 11 is 0. The van der Waals surface area contributed by atoms with E-state index in [1.165, 1.54) is 12.8 Å². The Labute approximate surface area is 207 Å². The highest BCUT2D eigenvalue weighted by molar-refractivity contribution is 14.0. The lowest BCUT2D eigenvalue weighted by molar-refractivity contribution is 0.220. The van der Waals surface area contributed by atoms with Gasteiger partial charge in [0.25, 0.3) is 0 Å². The zero-order valence-electron chi connectivity index (χ0n) is 18.8. The van der Waals surface area contributed by atoms with Crippen molar-refractivity contribution in [2.75, 3.05) is 33.2 Å². The third kappa shape index (κ3) is 6.13. The molecule has 172 valence electrons. The number of hydrogen-bond acceptors (Lipinski definition) is 4. The minimum absolute atomic E-state index is 0. The summed E-state index contributed by atoms with van der Waals surface area (Å²) in [5, 5.41) is 3.42. The lowest BCUT2D eigenvalue weighted by Gasteiger charge is -2.26. The maximum Gasteiger partial charge on any atom is 0.194 e. The summed E-state index contributed by atoms with van der Waals surface area (Å²) in [6.07, 6.45) is 6.12. The van der Waals surface area contributed by atoms with Crippen LogP contribution in [0.1, 0.15) is 37.4 Å². The fourth-order valence-corrected chi connectivity index (χ4v) is 4.07. The molecule has 1 aromatic carbocycles. The topological polar surface area (TPSA) is 72.7 Å². The molecule has 1 aliphatic heterocycles. The molecule has 1 fully saturated rings. The van der Waals surface area contributed by atoms with Gasteiger partial charge in [-0.2, -0.15) is 0 Å². The monoisotopic (exact) mass is 548 g/mol. The quantitative estimate of drug-likeness (QED) is 0.246. The first-order chi connectivity index (χ1) is 15.2. The van der Waals surface area contributed by atoms with Crippen LogP contribution < -0.4 is 5.32 Å². The van der Waals surface area contributed by atoms with E-state index >= 15 is 0 Å². The van der Waals surface area contributed by atoms with Gasteiger partial charge in [0.2, 0.25) is 0 Å².